The van der Waals surface area contributed by atoms with Crippen LogP contribution in [0.2, 0.25) is 5.02 Å². The molecule has 5 heteroatoms. The lowest BCUT2D eigenvalue weighted by molar-refractivity contribution is 0.303. The van der Waals surface area contributed by atoms with E-state index in [9.17, 15) is 4.39 Å². The van der Waals surface area contributed by atoms with Crippen molar-refractivity contribution in [3.05, 3.63) is 88.7 Å². The fourth-order valence-electron chi connectivity index (χ4n) is 2.51. The third-order valence-corrected chi connectivity index (χ3v) is 4.21. The molecule has 26 heavy (non-hydrogen) atoms. The van der Waals surface area contributed by atoms with Crippen molar-refractivity contribution >= 4 is 17.3 Å². The Bertz CT molecular complexity index is 868. The van der Waals surface area contributed by atoms with Crippen LogP contribution >= 0.6 is 11.6 Å². The van der Waals surface area contributed by atoms with Gasteiger partial charge in [-0.15, -0.1) is 0 Å². The van der Waals surface area contributed by atoms with Crippen molar-refractivity contribution in [3.8, 4) is 11.5 Å². The van der Waals surface area contributed by atoms with E-state index in [0.29, 0.717) is 23.9 Å². The lowest BCUT2D eigenvalue weighted by atomic mass is 10.2. The summed E-state index contributed by atoms with van der Waals surface area (Å²) >= 11 is 6.15. The molecule has 0 unspecified atom stereocenters. The molecule has 134 valence electrons. The van der Waals surface area contributed by atoms with Gasteiger partial charge in [-0.05, 0) is 42.0 Å². The first-order valence-corrected chi connectivity index (χ1v) is 8.56. The Morgan fingerprint density at radius 2 is 1.73 bits per heavy atom. The monoisotopic (exact) mass is 371 g/mol. The zero-order valence-corrected chi connectivity index (χ0v) is 15.1. The zero-order chi connectivity index (χ0) is 18.4. The highest BCUT2D eigenvalue weighted by Crippen LogP contribution is 2.28. The van der Waals surface area contributed by atoms with Crippen molar-refractivity contribution in [2.45, 2.75) is 13.2 Å². The van der Waals surface area contributed by atoms with Gasteiger partial charge in [-0.25, -0.2) is 4.39 Å². The SMILES string of the molecule is COc1ccc(NCc2ccccc2OCc2ccc(F)cc2)cc1Cl. The Balaban J connectivity index is 1.65. The first-order chi connectivity index (χ1) is 12.7. The minimum Gasteiger partial charge on any atom is -0.495 e. The minimum absolute atomic E-state index is 0.253. The van der Waals surface area contributed by atoms with Crippen LogP contribution in [0.5, 0.6) is 11.5 Å². The third-order valence-electron chi connectivity index (χ3n) is 3.91. The molecule has 0 bridgehead atoms. The Kier molecular flexibility index (Phi) is 5.97. The van der Waals surface area contributed by atoms with Gasteiger partial charge in [-0.1, -0.05) is 41.9 Å². The average molecular weight is 372 g/mol. The molecule has 3 rings (SSSR count). The Morgan fingerprint density at radius 1 is 0.962 bits per heavy atom. The summed E-state index contributed by atoms with van der Waals surface area (Å²) in [6.45, 7) is 0.966. The van der Waals surface area contributed by atoms with Gasteiger partial charge in [0, 0.05) is 17.8 Å². The maximum absolute atomic E-state index is 13.0. The first kappa shape index (κ1) is 18.1. The Morgan fingerprint density at radius 3 is 2.46 bits per heavy atom. The number of anilines is 1. The molecule has 0 spiro atoms. The van der Waals surface area contributed by atoms with Gasteiger partial charge in [-0.3, -0.25) is 0 Å². The predicted octanol–water partition coefficient (Wildman–Crippen LogP) is 5.68. The van der Waals surface area contributed by atoms with E-state index in [-0.39, 0.29) is 5.82 Å². The van der Waals surface area contributed by atoms with Crippen LogP contribution in [0.4, 0.5) is 10.1 Å². The molecule has 0 atom stereocenters. The van der Waals surface area contributed by atoms with Gasteiger partial charge in [-0.2, -0.15) is 0 Å². The third kappa shape index (κ3) is 4.67. The van der Waals surface area contributed by atoms with Crippen LogP contribution in [0.25, 0.3) is 0 Å². The van der Waals surface area contributed by atoms with Gasteiger partial charge in [0.15, 0.2) is 0 Å². The van der Waals surface area contributed by atoms with Gasteiger partial charge >= 0.3 is 0 Å². The molecule has 1 N–H and O–H groups in total. The van der Waals surface area contributed by atoms with Gasteiger partial charge in [0.05, 0.1) is 12.1 Å². The number of para-hydroxylation sites is 1. The van der Waals surface area contributed by atoms with Crippen molar-refractivity contribution in [1.29, 1.82) is 0 Å². The molecular formula is C21H19ClFNO2. The second kappa shape index (κ2) is 8.59. The van der Waals surface area contributed by atoms with Crippen molar-refractivity contribution in [3.63, 3.8) is 0 Å². The maximum Gasteiger partial charge on any atom is 0.137 e. The summed E-state index contributed by atoms with van der Waals surface area (Å²) in [5.74, 6) is 1.17. The summed E-state index contributed by atoms with van der Waals surface area (Å²) in [4.78, 5) is 0. The van der Waals surface area contributed by atoms with Crippen LogP contribution in [-0.2, 0) is 13.2 Å². The fraction of sp³-hybridized carbons (Fsp3) is 0.143. The van der Waals surface area contributed by atoms with Crippen molar-refractivity contribution < 1.29 is 13.9 Å². The summed E-state index contributed by atoms with van der Waals surface area (Å²) in [5, 5.41) is 3.88. The first-order valence-electron chi connectivity index (χ1n) is 8.18. The molecule has 0 aromatic heterocycles. The van der Waals surface area contributed by atoms with Crippen LogP contribution in [0.1, 0.15) is 11.1 Å². The zero-order valence-electron chi connectivity index (χ0n) is 14.3. The molecule has 0 aliphatic heterocycles. The molecule has 0 heterocycles. The van der Waals surface area contributed by atoms with E-state index in [0.717, 1.165) is 22.6 Å². The number of hydrogen-bond acceptors (Lipinski definition) is 3. The largest absolute Gasteiger partial charge is 0.495 e. The van der Waals surface area contributed by atoms with E-state index in [4.69, 9.17) is 21.1 Å². The number of methoxy groups -OCH3 is 1. The molecule has 0 saturated heterocycles. The van der Waals surface area contributed by atoms with Crippen LogP contribution in [0.15, 0.2) is 66.7 Å². The standard InChI is InChI=1S/C21H19ClFNO2/c1-25-21-11-10-18(12-19(21)22)24-13-16-4-2-3-5-20(16)26-14-15-6-8-17(23)9-7-15/h2-12,24H,13-14H2,1H3. The topological polar surface area (TPSA) is 30.5 Å². The molecule has 3 nitrogen and oxygen atoms in total. The summed E-state index contributed by atoms with van der Waals surface area (Å²) in [5.41, 5.74) is 2.82. The lowest BCUT2D eigenvalue weighted by Crippen LogP contribution is -2.04. The smallest absolute Gasteiger partial charge is 0.137 e. The van der Waals surface area contributed by atoms with Crippen LogP contribution in [-0.4, -0.2) is 7.11 Å². The number of benzene rings is 3. The van der Waals surface area contributed by atoms with Gasteiger partial charge < -0.3 is 14.8 Å². The van der Waals surface area contributed by atoms with E-state index >= 15 is 0 Å². The molecule has 0 aliphatic rings. The van der Waals surface area contributed by atoms with E-state index in [1.165, 1.54) is 12.1 Å². The molecule has 0 radical (unpaired) electrons. The van der Waals surface area contributed by atoms with E-state index < -0.39 is 0 Å². The summed E-state index contributed by atoms with van der Waals surface area (Å²) < 4.78 is 24.0. The Labute approximate surface area is 157 Å². The molecule has 0 saturated carbocycles. The number of hydrogen-bond donors (Lipinski definition) is 1. The molecule has 3 aromatic rings. The maximum atomic E-state index is 13.0. The van der Waals surface area contributed by atoms with Crippen molar-refractivity contribution in [2.75, 3.05) is 12.4 Å². The number of nitrogens with one attached hydrogen (secondary N) is 1. The van der Waals surface area contributed by atoms with Gasteiger partial charge in [0.2, 0.25) is 0 Å². The summed E-state index contributed by atoms with van der Waals surface area (Å²) in [6, 6.07) is 19.6. The van der Waals surface area contributed by atoms with E-state index in [1.54, 1.807) is 19.2 Å². The second-order valence-electron chi connectivity index (χ2n) is 5.73. The lowest BCUT2D eigenvalue weighted by Gasteiger charge is -2.13. The second-order valence-corrected chi connectivity index (χ2v) is 6.13. The van der Waals surface area contributed by atoms with Crippen LogP contribution in [0.3, 0.4) is 0 Å². The quantitative estimate of drug-likeness (QED) is 0.579. The van der Waals surface area contributed by atoms with Crippen molar-refractivity contribution in [2.24, 2.45) is 0 Å². The summed E-state index contributed by atoms with van der Waals surface area (Å²) in [6.07, 6.45) is 0. The van der Waals surface area contributed by atoms with E-state index in [2.05, 4.69) is 5.32 Å². The van der Waals surface area contributed by atoms with Crippen LogP contribution < -0.4 is 14.8 Å². The summed E-state index contributed by atoms with van der Waals surface area (Å²) in [7, 11) is 1.59. The molecule has 0 fully saturated rings. The predicted molar refractivity (Wildman–Crippen MR) is 103 cm³/mol. The molecular weight excluding hydrogens is 353 g/mol. The number of halogens is 2. The van der Waals surface area contributed by atoms with Crippen LogP contribution in [0, 0.1) is 5.82 Å². The van der Waals surface area contributed by atoms with Gasteiger partial charge in [0.25, 0.3) is 0 Å². The van der Waals surface area contributed by atoms with E-state index in [1.807, 2.05) is 42.5 Å². The average Bonchev–Trinajstić information content (AvgIpc) is 2.66. The molecule has 0 amide bonds. The Hall–Kier alpha value is -2.72. The number of rotatable bonds is 7. The highest BCUT2D eigenvalue weighted by molar-refractivity contribution is 6.32. The minimum atomic E-state index is -0.253. The highest BCUT2D eigenvalue weighted by Gasteiger charge is 2.06. The fourth-order valence-corrected chi connectivity index (χ4v) is 2.76. The highest BCUT2D eigenvalue weighted by atomic mass is 35.5. The van der Waals surface area contributed by atoms with Crippen molar-refractivity contribution in [1.82, 2.24) is 0 Å². The number of ether oxygens (including phenoxy) is 2. The normalized spacial score (nSPS) is 10.4. The van der Waals surface area contributed by atoms with Gasteiger partial charge in [0.1, 0.15) is 23.9 Å². The molecule has 3 aromatic carbocycles. The molecule has 0 aliphatic carbocycles.